The molecule has 3 aliphatic carbocycles. The molecule has 0 saturated carbocycles. The molecule has 276 valence electrons. The molecular formula is C56H36N2O. The normalized spacial score (nSPS) is 14.5. The SMILES string of the molecule is CC1(C)c2ccccc2-c2c(-c3cc(-c4cccc5c4oc4ccccc45)nc(-c4cccc5c4-c4ccccc4C54c5ccccc5-c5ccccc54)n3)cccc21. The first kappa shape index (κ1) is 32.7. The third kappa shape index (κ3) is 4.16. The van der Waals surface area contributed by atoms with Crippen LogP contribution < -0.4 is 0 Å². The van der Waals surface area contributed by atoms with Crippen molar-refractivity contribution in [1.82, 2.24) is 9.97 Å². The minimum absolute atomic E-state index is 0.146. The lowest BCUT2D eigenvalue weighted by molar-refractivity contribution is 0.660. The van der Waals surface area contributed by atoms with Gasteiger partial charge in [-0.05, 0) is 85.0 Å². The van der Waals surface area contributed by atoms with Gasteiger partial charge in [0.25, 0.3) is 0 Å². The lowest BCUT2D eigenvalue weighted by Crippen LogP contribution is -2.25. The zero-order valence-corrected chi connectivity index (χ0v) is 32.6. The van der Waals surface area contributed by atoms with E-state index in [1.165, 1.54) is 66.8 Å². The van der Waals surface area contributed by atoms with Gasteiger partial charge in [0.15, 0.2) is 5.82 Å². The van der Waals surface area contributed by atoms with Crippen molar-refractivity contribution >= 4 is 21.9 Å². The molecule has 1 spiro atoms. The molecule has 0 fully saturated rings. The fraction of sp³-hybridized carbons (Fsp3) is 0.0714. The number of fused-ring (bicyclic) bond motifs is 16. The van der Waals surface area contributed by atoms with Gasteiger partial charge in [0.1, 0.15) is 11.2 Å². The zero-order chi connectivity index (χ0) is 39.0. The van der Waals surface area contributed by atoms with Crippen LogP contribution >= 0.6 is 0 Å². The van der Waals surface area contributed by atoms with Crippen LogP contribution in [0.25, 0.3) is 89.2 Å². The van der Waals surface area contributed by atoms with Crippen LogP contribution in [0.15, 0.2) is 186 Å². The second-order valence-corrected chi connectivity index (χ2v) is 16.8. The van der Waals surface area contributed by atoms with E-state index in [1.54, 1.807) is 0 Å². The fourth-order valence-electron chi connectivity index (χ4n) is 11.1. The fourth-order valence-corrected chi connectivity index (χ4v) is 11.1. The molecule has 2 heterocycles. The molecule has 3 aliphatic rings. The Kier molecular flexibility index (Phi) is 6.44. The largest absolute Gasteiger partial charge is 0.455 e. The Bertz CT molecular complexity index is 3390. The summed E-state index contributed by atoms with van der Waals surface area (Å²) < 4.78 is 6.67. The maximum Gasteiger partial charge on any atom is 0.161 e. The molecule has 0 amide bonds. The van der Waals surface area contributed by atoms with Crippen LogP contribution in [0.2, 0.25) is 0 Å². The van der Waals surface area contributed by atoms with E-state index in [9.17, 15) is 0 Å². The van der Waals surface area contributed by atoms with Crippen LogP contribution in [0.5, 0.6) is 0 Å². The van der Waals surface area contributed by atoms with E-state index < -0.39 is 5.41 Å². The minimum Gasteiger partial charge on any atom is -0.455 e. The van der Waals surface area contributed by atoms with Crippen LogP contribution in [0, 0.1) is 0 Å². The molecule has 13 rings (SSSR count). The van der Waals surface area contributed by atoms with Crippen LogP contribution in [0.4, 0.5) is 0 Å². The summed E-state index contributed by atoms with van der Waals surface area (Å²) in [4.78, 5) is 11.2. The van der Waals surface area contributed by atoms with Gasteiger partial charge in [-0.25, -0.2) is 9.97 Å². The summed E-state index contributed by atoms with van der Waals surface area (Å²) in [5, 5.41) is 2.17. The summed E-state index contributed by atoms with van der Waals surface area (Å²) in [5.74, 6) is 0.692. The lowest BCUT2D eigenvalue weighted by Gasteiger charge is -2.30. The predicted molar refractivity (Wildman–Crippen MR) is 239 cm³/mol. The first-order valence-electron chi connectivity index (χ1n) is 20.5. The smallest absolute Gasteiger partial charge is 0.161 e. The topological polar surface area (TPSA) is 38.9 Å². The summed E-state index contributed by atoms with van der Waals surface area (Å²) in [6.07, 6.45) is 0. The Balaban J connectivity index is 1.12. The Morgan fingerprint density at radius 2 is 0.831 bits per heavy atom. The molecule has 8 aromatic carbocycles. The Morgan fingerprint density at radius 3 is 1.56 bits per heavy atom. The predicted octanol–water partition coefficient (Wildman–Crippen LogP) is 14.0. The van der Waals surface area contributed by atoms with Crippen molar-refractivity contribution in [3.8, 4) is 67.3 Å². The molecule has 59 heavy (non-hydrogen) atoms. The number of furan rings is 1. The second-order valence-electron chi connectivity index (χ2n) is 16.8. The number of aromatic nitrogens is 2. The number of benzene rings is 8. The van der Waals surface area contributed by atoms with Gasteiger partial charge in [-0.2, -0.15) is 0 Å². The number of rotatable bonds is 3. The van der Waals surface area contributed by atoms with E-state index in [-0.39, 0.29) is 5.41 Å². The molecule has 0 bridgehead atoms. The van der Waals surface area contributed by atoms with Gasteiger partial charge >= 0.3 is 0 Å². The number of hydrogen-bond donors (Lipinski definition) is 0. The van der Waals surface area contributed by atoms with Crippen LogP contribution in [0.3, 0.4) is 0 Å². The number of hydrogen-bond acceptors (Lipinski definition) is 3. The summed E-state index contributed by atoms with van der Waals surface area (Å²) in [7, 11) is 0. The van der Waals surface area contributed by atoms with Crippen molar-refractivity contribution in [2.24, 2.45) is 0 Å². The standard InChI is InChI=1S/C56H36N2O/c1-55(2)42-25-8-5-19-37(42)51-39(22-14-29-46(51)55)48-32-49(40-23-13-21-36-35-18-7-12-31-50(35)59-53(36)40)58-54(57-48)41-24-15-30-47-52(41)38-20-6-11-28-45(38)56(47)43-26-9-3-16-33(43)34-17-4-10-27-44(34)56/h3-32H,1-2H3. The number of para-hydroxylation sites is 2. The van der Waals surface area contributed by atoms with Crippen molar-refractivity contribution in [2.75, 3.05) is 0 Å². The van der Waals surface area contributed by atoms with Gasteiger partial charge in [0, 0.05) is 32.9 Å². The Labute approximate surface area is 342 Å². The lowest BCUT2D eigenvalue weighted by atomic mass is 9.70. The molecule has 0 radical (unpaired) electrons. The summed E-state index contributed by atoms with van der Waals surface area (Å²) in [5.41, 5.74) is 21.2. The summed E-state index contributed by atoms with van der Waals surface area (Å²) in [6.45, 7) is 4.67. The highest BCUT2D eigenvalue weighted by Crippen LogP contribution is 2.64. The molecular weight excluding hydrogens is 717 g/mol. The average molecular weight is 753 g/mol. The molecule has 10 aromatic rings. The summed E-state index contributed by atoms with van der Waals surface area (Å²) in [6, 6.07) is 66.1. The van der Waals surface area contributed by atoms with Gasteiger partial charge < -0.3 is 4.42 Å². The van der Waals surface area contributed by atoms with Crippen molar-refractivity contribution < 1.29 is 4.42 Å². The van der Waals surface area contributed by atoms with E-state index in [0.717, 1.165) is 50.0 Å². The molecule has 0 atom stereocenters. The zero-order valence-electron chi connectivity index (χ0n) is 32.6. The highest BCUT2D eigenvalue weighted by molar-refractivity contribution is 6.09. The minimum atomic E-state index is -0.467. The highest BCUT2D eigenvalue weighted by atomic mass is 16.3. The van der Waals surface area contributed by atoms with Gasteiger partial charge in [0.2, 0.25) is 0 Å². The maximum atomic E-state index is 6.67. The van der Waals surface area contributed by atoms with Crippen LogP contribution in [-0.4, -0.2) is 9.97 Å². The molecule has 0 saturated heterocycles. The van der Waals surface area contributed by atoms with E-state index in [0.29, 0.717) is 5.82 Å². The van der Waals surface area contributed by atoms with Crippen molar-refractivity contribution in [2.45, 2.75) is 24.7 Å². The molecule has 0 unspecified atom stereocenters. The van der Waals surface area contributed by atoms with Crippen molar-refractivity contribution in [1.29, 1.82) is 0 Å². The van der Waals surface area contributed by atoms with E-state index >= 15 is 0 Å². The van der Waals surface area contributed by atoms with Gasteiger partial charge in [-0.15, -0.1) is 0 Å². The van der Waals surface area contributed by atoms with Gasteiger partial charge in [-0.1, -0.05) is 178 Å². The maximum absolute atomic E-state index is 6.67. The van der Waals surface area contributed by atoms with E-state index in [1.807, 2.05) is 12.1 Å². The quantitative estimate of drug-likeness (QED) is 0.180. The third-order valence-corrected chi connectivity index (χ3v) is 13.6. The van der Waals surface area contributed by atoms with Gasteiger partial charge in [0.05, 0.1) is 16.8 Å². The molecule has 0 N–H and O–H groups in total. The van der Waals surface area contributed by atoms with Crippen molar-refractivity contribution in [3.05, 3.63) is 215 Å². The Morgan fingerprint density at radius 1 is 0.373 bits per heavy atom. The molecule has 3 heteroatoms. The number of nitrogens with zero attached hydrogens (tertiary/aromatic N) is 2. The van der Waals surface area contributed by atoms with Crippen LogP contribution in [-0.2, 0) is 10.8 Å². The average Bonchev–Trinajstić information content (AvgIpc) is 3.99. The first-order valence-corrected chi connectivity index (χ1v) is 20.5. The second kappa shape index (κ2) is 11.6. The first-order chi connectivity index (χ1) is 29.0. The van der Waals surface area contributed by atoms with E-state index in [4.69, 9.17) is 14.4 Å². The monoisotopic (exact) mass is 752 g/mol. The molecule has 2 aromatic heterocycles. The Hall–Kier alpha value is -7.36. The van der Waals surface area contributed by atoms with Gasteiger partial charge in [-0.3, -0.25) is 0 Å². The molecule has 0 aliphatic heterocycles. The molecule has 3 nitrogen and oxygen atoms in total. The van der Waals surface area contributed by atoms with Crippen LogP contribution in [0.1, 0.15) is 47.2 Å². The third-order valence-electron chi connectivity index (χ3n) is 13.6. The summed E-state index contributed by atoms with van der Waals surface area (Å²) >= 11 is 0. The van der Waals surface area contributed by atoms with Crippen molar-refractivity contribution in [3.63, 3.8) is 0 Å². The highest BCUT2D eigenvalue weighted by Gasteiger charge is 2.52. The van der Waals surface area contributed by atoms with E-state index in [2.05, 4.69) is 184 Å².